The number of rotatable bonds is 8. The maximum atomic E-state index is 12.7. The number of nitrogens with zero attached hydrogens (tertiary/aromatic N) is 2. The highest BCUT2D eigenvalue weighted by atomic mass is 16.6. The van der Waals surface area contributed by atoms with Crippen molar-refractivity contribution in [3.8, 4) is 11.5 Å². The van der Waals surface area contributed by atoms with Crippen LogP contribution in [0.4, 0.5) is 0 Å². The summed E-state index contributed by atoms with van der Waals surface area (Å²) in [6, 6.07) is 21.2. The van der Waals surface area contributed by atoms with Crippen molar-refractivity contribution in [2.75, 3.05) is 7.11 Å². The first kappa shape index (κ1) is 22.0. The molecule has 0 spiro atoms. The van der Waals surface area contributed by atoms with Crippen molar-refractivity contribution in [3.63, 3.8) is 0 Å². The van der Waals surface area contributed by atoms with Gasteiger partial charge < -0.3 is 9.47 Å². The highest BCUT2D eigenvalue weighted by Crippen LogP contribution is 2.28. The minimum absolute atomic E-state index is 0.0510. The van der Waals surface area contributed by atoms with Crippen LogP contribution >= 0.6 is 0 Å². The summed E-state index contributed by atoms with van der Waals surface area (Å²) in [5.41, 5.74) is 3.60. The number of ether oxygens (including phenoxy) is 2. The fourth-order valence-corrected chi connectivity index (χ4v) is 3.62. The van der Waals surface area contributed by atoms with Crippen LogP contribution in [0.1, 0.15) is 23.6 Å². The van der Waals surface area contributed by atoms with Crippen molar-refractivity contribution in [3.05, 3.63) is 95.7 Å². The molecule has 4 rings (SSSR count). The molecule has 0 atom stereocenters. The average Bonchev–Trinajstić information content (AvgIpc) is 3.21. The van der Waals surface area contributed by atoms with Gasteiger partial charge in [0.05, 0.1) is 19.2 Å². The maximum absolute atomic E-state index is 12.7. The van der Waals surface area contributed by atoms with Crippen LogP contribution in [0.5, 0.6) is 11.5 Å². The first-order valence-electron chi connectivity index (χ1n) is 10.6. The van der Waals surface area contributed by atoms with E-state index in [-0.39, 0.29) is 12.2 Å². The molecule has 6 nitrogen and oxygen atoms in total. The zero-order valence-electron chi connectivity index (χ0n) is 18.5. The third kappa shape index (κ3) is 5.54. The summed E-state index contributed by atoms with van der Waals surface area (Å²) in [7, 11) is 1.50. The van der Waals surface area contributed by atoms with E-state index in [1.165, 1.54) is 25.7 Å². The Morgan fingerprint density at radius 3 is 2.58 bits per heavy atom. The maximum Gasteiger partial charge on any atom is 0.308 e. The zero-order valence-corrected chi connectivity index (χ0v) is 18.5. The quantitative estimate of drug-likeness (QED) is 0.223. The second-order valence-corrected chi connectivity index (χ2v) is 7.65. The van der Waals surface area contributed by atoms with E-state index in [1.54, 1.807) is 24.3 Å². The molecule has 0 bridgehead atoms. The molecule has 0 saturated carbocycles. The third-order valence-electron chi connectivity index (χ3n) is 5.12. The fraction of sp³-hybridized carbons (Fsp3) is 0.148. The molecule has 0 radical (unpaired) electrons. The van der Waals surface area contributed by atoms with Gasteiger partial charge in [-0.1, -0.05) is 60.7 Å². The van der Waals surface area contributed by atoms with E-state index in [2.05, 4.69) is 12.1 Å². The topological polar surface area (TPSA) is 70.4 Å². The molecule has 0 N–H and O–H groups in total. The molecule has 4 aromatic rings. The number of fused-ring (bicyclic) bond motifs is 1. The second-order valence-electron chi connectivity index (χ2n) is 7.65. The van der Waals surface area contributed by atoms with E-state index >= 15 is 0 Å². The molecule has 0 unspecified atom stereocenters. The first-order chi connectivity index (χ1) is 16.0. The predicted octanol–water partition coefficient (Wildman–Crippen LogP) is 4.84. The number of esters is 1. The molecular weight excluding hydrogens is 416 g/mol. The van der Waals surface area contributed by atoms with Gasteiger partial charge in [-0.2, -0.15) is 5.10 Å². The fourth-order valence-electron chi connectivity index (χ4n) is 3.62. The summed E-state index contributed by atoms with van der Waals surface area (Å²) >= 11 is 0. The average molecular weight is 440 g/mol. The van der Waals surface area contributed by atoms with Crippen molar-refractivity contribution in [2.45, 2.75) is 19.9 Å². The molecule has 0 amide bonds. The van der Waals surface area contributed by atoms with Gasteiger partial charge in [-0.05, 0) is 34.9 Å². The predicted molar refractivity (Wildman–Crippen MR) is 127 cm³/mol. The van der Waals surface area contributed by atoms with Crippen LogP contribution in [0, 0.1) is 0 Å². The lowest BCUT2D eigenvalue weighted by atomic mass is 10.1. The number of hydrogen-bond donors (Lipinski definition) is 0. The van der Waals surface area contributed by atoms with E-state index in [0.29, 0.717) is 18.0 Å². The van der Waals surface area contributed by atoms with Gasteiger partial charge in [0.2, 0.25) is 0 Å². The van der Waals surface area contributed by atoms with Crippen molar-refractivity contribution in [1.29, 1.82) is 0 Å². The van der Waals surface area contributed by atoms with Crippen LogP contribution in [0.2, 0.25) is 0 Å². The van der Waals surface area contributed by atoms with Gasteiger partial charge in [0.25, 0.3) is 0 Å². The second kappa shape index (κ2) is 9.96. The third-order valence-corrected chi connectivity index (χ3v) is 5.12. The van der Waals surface area contributed by atoms with Crippen LogP contribution < -0.4 is 9.47 Å². The molecule has 1 aromatic heterocycles. The summed E-state index contributed by atoms with van der Waals surface area (Å²) < 4.78 is 12.3. The van der Waals surface area contributed by atoms with E-state index < -0.39 is 5.97 Å². The number of carbonyl (C=O) groups is 2. The molecule has 0 fully saturated rings. The van der Waals surface area contributed by atoms with Crippen molar-refractivity contribution in [2.24, 2.45) is 0 Å². The van der Waals surface area contributed by atoms with E-state index in [0.717, 1.165) is 22.0 Å². The van der Waals surface area contributed by atoms with Crippen LogP contribution in [0.3, 0.4) is 0 Å². The molecule has 3 aromatic carbocycles. The first-order valence-corrected chi connectivity index (χ1v) is 10.6. The monoisotopic (exact) mass is 440 g/mol. The van der Waals surface area contributed by atoms with E-state index in [1.807, 2.05) is 47.3 Å². The molecule has 0 saturated heterocycles. The Morgan fingerprint density at radius 1 is 1.00 bits per heavy atom. The van der Waals surface area contributed by atoms with Gasteiger partial charge in [0.15, 0.2) is 17.3 Å². The summed E-state index contributed by atoms with van der Waals surface area (Å²) in [4.78, 5) is 24.0. The van der Waals surface area contributed by atoms with Gasteiger partial charge >= 0.3 is 5.97 Å². The Bertz CT molecular complexity index is 1320. The van der Waals surface area contributed by atoms with Gasteiger partial charge in [-0.15, -0.1) is 0 Å². The van der Waals surface area contributed by atoms with Gasteiger partial charge in [0.1, 0.15) is 0 Å². The summed E-state index contributed by atoms with van der Waals surface area (Å²) in [5.74, 6) is 0.273. The smallest absolute Gasteiger partial charge is 0.308 e. The van der Waals surface area contributed by atoms with Crippen LogP contribution in [0.15, 0.2) is 79.0 Å². The van der Waals surface area contributed by atoms with Crippen LogP contribution in [-0.4, -0.2) is 28.6 Å². The lowest BCUT2D eigenvalue weighted by Gasteiger charge is -2.08. The number of methoxy groups -OCH3 is 1. The highest BCUT2D eigenvalue weighted by molar-refractivity contribution is 5.97. The SMILES string of the molecule is COc1ccc(/C=C/C(=O)Cc2cccc3cn(Cc4ccccc4)nc23)cc1OC(C)=O. The Labute approximate surface area is 192 Å². The molecule has 6 heteroatoms. The molecule has 0 aliphatic carbocycles. The molecule has 33 heavy (non-hydrogen) atoms. The van der Waals surface area contributed by atoms with Crippen molar-refractivity contribution < 1.29 is 19.1 Å². The summed E-state index contributed by atoms with van der Waals surface area (Å²) in [5, 5.41) is 5.72. The van der Waals surface area contributed by atoms with Crippen molar-refractivity contribution in [1.82, 2.24) is 9.78 Å². The number of aromatic nitrogens is 2. The molecular formula is C27H24N2O4. The van der Waals surface area contributed by atoms with Crippen LogP contribution in [0.25, 0.3) is 17.0 Å². The van der Waals surface area contributed by atoms with E-state index in [9.17, 15) is 9.59 Å². The Morgan fingerprint density at radius 2 is 1.82 bits per heavy atom. The molecule has 0 aliphatic heterocycles. The number of carbonyl (C=O) groups excluding carboxylic acids is 2. The molecule has 0 aliphatic rings. The van der Waals surface area contributed by atoms with E-state index in [4.69, 9.17) is 14.6 Å². The van der Waals surface area contributed by atoms with Gasteiger partial charge in [-0.25, -0.2) is 0 Å². The van der Waals surface area contributed by atoms with Gasteiger partial charge in [0, 0.05) is 24.9 Å². The van der Waals surface area contributed by atoms with Crippen molar-refractivity contribution >= 4 is 28.7 Å². The Balaban J connectivity index is 1.50. The molecule has 166 valence electrons. The standard InChI is InChI=1S/C27H24N2O4/c1-19(30)33-26-15-20(12-14-25(26)32-2)11-13-24(31)16-22-9-6-10-23-18-29(28-27(22)23)17-21-7-4-3-5-8-21/h3-15,18H,16-17H2,1-2H3/b13-11+. The highest BCUT2D eigenvalue weighted by Gasteiger charge is 2.10. The number of hydrogen-bond acceptors (Lipinski definition) is 5. The number of benzene rings is 3. The Hall–Kier alpha value is -4.19. The lowest BCUT2D eigenvalue weighted by Crippen LogP contribution is -2.03. The summed E-state index contributed by atoms with van der Waals surface area (Å²) in [6.07, 6.45) is 5.46. The Kier molecular flexibility index (Phi) is 6.64. The zero-order chi connectivity index (χ0) is 23.2. The van der Waals surface area contributed by atoms with Crippen LogP contribution in [-0.2, 0) is 22.6 Å². The number of ketones is 1. The minimum atomic E-state index is -0.440. The number of allylic oxidation sites excluding steroid dienone is 1. The largest absolute Gasteiger partial charge is 0.493 e. The normalized spacial score (nSPS) is 11.1. The summed E-state index contributed by atoms with van der Waals surface area (Å²) in [6.45, 7) is 2.00. The minimum Gasteiger partial charge on any atom is -0.493 e. The molecule has 1 heterocycles. The van der Waals surface area contributed by atoms with Gasteiger partial charge in [-0.3, -0.25) is 14.3 Å². The lowest BCUT2D eigenvalue weighted by molar-refractivity contribution is -0.132.